The van der Waals surface area contributed by atoms with Gasteiger partial charge in [0.1, 0.15) is 0 Å². The molecule has 0 spiro atoms. The first kappa shape index (κ1) is 19.0. The fourth-order valence-electron chi connectivity index (χ4n) is 3.62. The molecular formula is C16H24N4O5S. The molecule has 0 bridgehead atoms. The van der Waals surface area contributed by atoms with E-state index in [0.29, 0.717) is 24.1 Å². The van der Waals surface area contributed by atoms with Gasteiger partial charge in [0.05, 0.1) is 18.3 Å². The van der Waals surface area contributed by atoms with Gasteiger partial charge in [0.2, 0.25) is 5.91 Å². The maximum Gasteiger partial charge on any atom is 0.285 e. The largest absolute Gasteiger partial charge is 0.340 e. The molecule has 1 aromatic rings. The summed E-state index contributed by atoms with van der Waals surface area (Å²) < 4.78 is 32.2. The molecule has 9 nitrogen and oxygen atoms in total. The van der Waals surface area contributed by atoms with Gasteiger partial charge in [-0.15, -0.1) is 0 Å². The zero-order valence-electron chi connectivity index (χ0n) is 14.5. The van der Waals surface area contributed by atoms with Gasteiger partial charge in [-0.2, -0.15) is 13.5 Å². The predicted molar refractivity (Wildman–Crippen MR) is 94.2 cm³/mol. The van der Waals surface area contributed by atoms with E-state index in [2.05, 4.69) is 15.7 Å². The van der Waals surface area contributed by atoms with E-state index in [0.717, 1.165) is 48.9 Å². The van der Waals surface area contributed by atoms with E-state index in [1.54, 1.807) is 0 Å². The average Bonchev–Trinajstić information content (AvgIpc) is 2.59. The summed E-state index contributed by atoms with van der Waals surface area (Å²) in [5.41, 5.74) is 1.17. The number of fused-ring (bicyclic) bond motifs is 1. The molecule has 1 unspecified atom stereocenters. The maximum atomic E-state index is 12.5. The zero-order chi connectivity index (χ0) is 18.7. The Morgan fingerprint density at radius 1 is 1.23 bits per heavy atom. The molecule has 1 aliphatic carbocycles. The molecule has 0 saturated carbocycles. The Kier molecular flexibility index (Phi) is 5.73. The molecule has 1 saturated heterocycles. The van der Waals surface area contributed by atoms with Crippen LogP contribution in [0.4, 0.5) is 0 Å². The number of piperidine rings is 1. The molecule has 10 heteroatoms. The van der Waals surface area contributed by atoms with E-state index < -0.39 is 21.6 Å². The minimum absolute atomic E-state index is 0.0216. The molecule has 144 valence electrons. The van der Waals surface area contributed by atoms with Crippen LogP contribution in [0, 0.1) is 0 Å². The van der Waals surface area contributed by atoms with Crippen molar-refractivity contribution in [2.75, 3.05) is 6.54 Å². The van der Waals surface area contributed by atoms with E-state index in [-0.39, 0.29) is 18.5 Å². The van der Waals surface area contributed by atoms with Crippen molar-refractivity contribution in [3.8, 4) is 0 Å². The SMILES string of the molecule is O=C(Cc1nn(CS(=O)(=O)O)c(=O)c2c1CCCC2)NC1CCCCN1. The van der Waals surface area contributed by atoms with Crippen molar-refractivity contribution < 1.29 is 17.8 Å². The summed E-state index contributed by atoms with van der Waals surface area (Å²) in [7, 11) is -4.40. The number of aromatic nitrogens is 2. The molecular weight excluding hydrogens is 360 g/mol. The first-order valence-electron chi connectivity index (χ1n) is 8.93. The molecule has 1 aliphatic heterocycles. The standard InChI is InChI=1S/C16H24N4O5S/c21-15(18-14-7-3-4-8-17-14)9-13-11-5-1-2-6-12(11)16(22)20(19-13)10-26(23,24)25/h14,17H,1-10H2,(H,18,21)(H,23,24,25). The highest BCUT2D eigenvalue weighted by Crippen LogP contribution is 2.21. The first-order chi connectivity index (χ1) is 12.3. The van der Waals surface area contributed by atoms with Crippen molar-refractivity contribution in [1.82, 2.24) is 20.4 Å². The molecule has 1 fully saturated rings. The molecule has 1 atom stereocenters. The van der Waals surface area contributed by atoms with Crippen LogP contribution >= 0.6 is 0 Å². The van der Waals surface area contributed by atoms with Gasteiger partial charge >= 0.3 is 0 Å². The number of carbonyl (C=O) groups is 1. The number of nitrogens with one attached hydrogen (secondary N) is 2. The Labute approximate surface area is 151 Å². The second-order valence-corrected chi connectivity index (χ2v) is 8.30. The van der Waals surface area contributed by atoms with Crippen LogP contribution in [-0.4, -0.2) is 41.4 Å². The molecule has 0 radical (unpaired) electrons. The molecule has 3 N–H and O–H groups in total. The van der Waals surface area contributed by atoms with Gasteiger partial charge in [-0.05, 0) is 57.1 Å². The fourth-order valence-corrected chi connectivity index (χ4v) is 4.11. The van der Waals surface area contributed by atoms with E-state index in [4.69, 9.17) is 4.55 Å². The number of carbonyl (C=O) groups excluding carboxylic acids is 1. The molecule has 2 aliphatic rings. The van der Waals surface area contributed by atoms with Crippen LogP contribution in [0.25, 0.3) is 0 Å². The second kappa shape index (κ2) is 7.85. The summed E-state index contributed by atoms with van der Waals surface area (Å²) >= 11 is 0. The van der Waals surface area contributed by atoms with Gasteiger partial charge in [0.15, 0.2) is 5.88 Å². The second-order valence-electron chi connectivity index (χ2n) is 6.87. The highest BCUT2D eigenvalue weighted by molar-refractivity contribution is 7.84. The van der Waals surface area contributed by atoms with Gasteiger partial charge in [-0.25, -0.2) is 4.68 Å². The lowest BCUT2D eigenvalue weighted by Crippen LogP contribution is -2.48. The minimum Gasteiger partial charge on any atom is -0.340 e. The fraction of sp³-hybridized carbons (Fsp3) is 0.688. The topological polar surface area (TPSA) is 130 Å². The Morgan fingerprint density at radius 2 is 1.96 bits per heavy atom. The smallest absolute Gasteiger partial charge is 0.285 e. The molecule has 1 amide bonds. The third kappa shape index (κ3) is 4.68. The predicted octanol–water partition coefficient (Wildman–Crippen LogP) is -0.274. The van der Waals surface area contributed by atoms with E-state index in [1.807, 2.05) is 0 Å². The van der Waals surface area contributed by atoms with Crippen LogP contribution in [-0.2, 0) is 40.1 Å². The number of hydrogen-bond acceptors (Lipinski definition) is 6. The maximum absolute atomic E-state index is 12.5. The van der Waals surface area contributed by atoms with Crippen LogP contribution in [0.1, 0.15) is 48.9 Å². The minimum atomic E-state index is -4.40. The van der Waals surface area contributed by atoms with Crippen molar-refractivity contribution >= 4 is 16.0 Å². The number of hydrogen-bond donors (Lipinski definition) is 3. The van der Waals surface area contributed by atoms with Crippen LogP contribution in [0.3, 0.4) is 0 Å². The van der Waals surface area contributed by atoms with E-state index in [9.17, 15) is 18.0 Å². The summed E-state index contributed by atoms with van der Waals surface area (Å²) in [5.74, 6) is -1.13. The Balaban J connectivity index is 1.86. The van der Waals surface area contributed by atoms with Gasteiger partial charge in [-0.1, -0.05) is 0 Å². The number of nitrogens with zero attached hydrogens (tertiary/aromatic N) is 2. The molecule has 2 heterocycles. The molecule has 1 aromatic heterocycles. The van der Waals surface area contributed by atoms with Crippen molar-refractivity contribution in [2.45, 2.75) is 63.4 Å². The van der Waals surface area contributed by atoms with Gasteiger partial charge in [0, 0.05) is 5.56 Å². The van der Waals surface area contributed by atoms with Gasteiger partial charge in [-0.3, -0.25) is 19.5 Å². The average molecular weight is 384 g/mol. The summed E-state index contributed by atoms with van der Waals surface area (Å²) in [6.45, 7) is 0.859. The molecule has 26 heavy (non-hydrogen) atoms. The quantitative estimate of drug-likeness (QED) is 0.596. The van der Waals surface area contributed by atoms with Crippen LogP contribution < -0.4 is 16.2 Å². The number of amides is 1. The van der Waals surface area contributed by atoms with Crippen molar-refractivity contribution in [1.29, 1.82) is 0 Å². The Morgan fingerprint density at radius 3 is 2.62 bits per heavy atom. The lowest BCUT2D eigenvalue weighted by atomic mass is 9.91. The van der Waals surface area contributed by atoms with E-state index in [1.165, 1.54) is 0 Å². The monoisotopic (exact) mass is 384 g/mol. The first-order valence-corrected chi connectivity index (χ1v) is 10.5. The van der Waals surface area contributed by atoms with Crippen LogP contribution in [0.5, 0.6) is 0 Å². The van der Waals surface area contributed by atoms with E-state index >= 15 is 0 Å². The zero-order valence-corrected chi connectivity index (χ0v) is 15.3. The summed E-state index contributed by atoms with van der Waals surface area (Å²) in [5, 5.41) is 10.2. The normalized spacial score (nSPS) is 20.4. The van der Waals surface area contributed by atoms with Crippen LogP contribution in [0.15, 0.2) is 4.79 Å². The van der Waals surface area contributed by atoms with Crippen LogP contribution in [0.2, 0.25) is 0 Å². The highest BCUT2D eigenvalue weighted by atomic mass is 32.2. The lowest BCUT2D eigenvalue weighted by molar-refractivity contribution is -0.121. The van der Waals surface area contributed by atoms with Crippen molar-refractivity contribution in [3.63, 3.8) is 0 Å². The van der Waals surface area contributed by atoms with Gasteiger partial charge < -0.3 is 5.32 Å². The summed E-state index contributed by atoms with van der Waals surface area (Å²) in [6.07, 6.45) is 5.80. The molecule has 0 aromatic carbocycles. The van der Waals surface area contributed by atoms with Crippen molar-refractivity contribution in [2.24, 2.45) is 0 Å². The van der Waals surface area contributed by atoms with Crippen molar-refractivity contribution in [3.05, 3.63) is 27.2 Å². The summed E-state index contributed by atoms with van der Waals surface area (Å²) in [4.78, 5) is 24.9. The summed E-state index contributed by atoms with van der Waals surface area (Å²) in [6, 6.07) is 0. The molecule has 3 rings (SSSR count). The van der Waals surface area contributed by atoms with Gasteiger partial charge in [0.25, 0.3) is 15.7 Å². The Bertz CT molecular complexity index is 843. The highest BCUT2D eigenvalue weighted by Gasteiger charge is 2.24. The number of rotatable bonds is 5. The third-order valence-corrected chi connectivity index (χ3v) is 5.38. The Hall–Kier alpha value is -1.78. The third-order valence-electron chi connectivity index (χ3n) is 4.81. The lowest BCUT2D eigenvalue weighted by Gasteiger charge is -2.25.